The molecule has 1 amide bonds. The molecule has 1 aromatic rings. The van der Waals surface area contributed by atoms with E-state index in [1.807, 2.05) is 0 Å². The van der Waals surface area contributed by atoms with Crippen LogP contribution < -0.4 is 11.1 Å². The summed E-state index contributed by atoms with van der Waals surface area (Å²) in [5.74, 6) is -2.55. The number of carbonyl (C=O) groups excluding carboxylic acids is 1. The minimum absolute atomic E-state index is 0.208. The van der Waals surface area contributed by atoms with Gasteiger partial charge in [-0.1, -0.05) is 6.07 Å². The molecule has 0 bridgehead atoms. The smallest absolute Gasteiger partial charge is 0.332 e. The average molecular weight is 282 g/mol. The molecule has 0 aromatic heterocycles. The van der Waals surface area contributed by atoms with E-state index in [1.165, 1.54) is 12.1 Å². The Morgan fingerprint density at radius 1 is 1.45 bits per heavy atom. The highest BCUT2D eigenvalue weighted by Gasteiger charge is 2.30. The number of carboxylic acids is 1. The van der Waals surface area contributed by atoms with E-state index in [4.69, 9.17) is 15.6 Å². The molecule has 6 nitrogen and oxygen atoms in total. The zero-order chi connectivity index (χ0) is 14.7. The van der Waals surface area contributed by atoms with E-state index in [0.29, 0.717) is 12.8 Å². The quantitative estimate of drug-likeness (QED) is 0.747. The summed E-state index contributed by atoms with van der Waals surface area (Å²) in [5, 5.41) is 11.7. The van der Waals surface area contributed by atoms with Crippen molar-refractivity contribution in [3.05, 3.63) is 29.6 Å². The lowest BCUT2D eigenvalue weighted by molar-refractivity contribution is -0.149. The van der Waals surface area contributed by atoms with Crippen molar-refractivity contribution in [3.8, 4) is 0 Å². The van der Waals surface area contributed by atoms with Crippen molar-refractivity contribution in [1.82, 2.24) is 0 Å². The number of aliphatic carboxylic acids is 1. The van der Waals surface area contributed by atoms with Gasteiger partial charge in [-0.2, -0.15) is 0 Å². The molecule has 0 aliphatic carbocycles. The maximum atomic E-state index is 13.5. The van der Waals surface area contributed by atoms with Crippen molar-refractivity contribution in [2.24, 2.45) is 5.73 Å². The summed E-state index contributed by atoms with van der Waals surface area (Å²) >= 11 is 0. The van der Waals surface area contributed by atoms with Crippen molar-refractivity contribution in [2.45, 2.75) is 25.0 Å². The normalized spacial score (nSPS) is 21.6. The fourth-order valence-corrected chi connectivity index (χ4v) is 2.18. The summed E-state index contributed by atoms with van der Waals surface area (Å²) in [4.78, 5) is 22.0. The van der Waals surface area contributed by atoms with Gasteiger partial charge in [-0.05, 0) is 25.0 Å². The van der Waals surface area contributed by atoms with Gasteiger partial charge >= 0.3 is 5.97 Å². The topological polar surface area (TPSA) is 102 Å². The number of rotatable bonds is 5. The number of hydrogen-bond acceptors (Lipinski definition) is 4. The van der Waals surface area contributed by atoms with Gasteiger partial charge in [-0.25, -0.2) is 9.18 Å². The van der Waals surface area contributed by atoms with Gasteiger partial charge in [0.25, 0.3) is 5.91 Å². The predicted octanol–water partition coefficient (Wildman–Crippen LogP) is 0.969. The van der Waals surface area contributed by atoms with E-state index in [0.717, 1.165) is 6.07 Å². The van der Waals surface area contributed by atoms with E-state index in [2.05, 4.69) is 5.32 Å². The Morgan fingerprint density at radius 2 is 2.20 bits per heavy atom. The lowest BCUT2D eigenvalue weighted by Gasteiger charge is -2.15. The molecule has 1 aliphatic heterocycles. The predicted molar refractivity (Wildman–Crippen MR) is 68.9 cm³/mol. The molecule has 2 rings (SSSR count). The fraction of sp³-hybridized carbons (Fsp3) is 0.385. The second-order valence-electron chi connectivity index (χ2n) is 4.57. The Bertz CT molecular complexity index is 535. The zero-order valence-corrected chi connectivity index (χ0v) is 10.6. The maximum Gasteiger partial charge on any atom is 0.332 e. The average Bonchev–Trinajstić information content (AvgIpc) is 2.84. The van der Waals surface area contributed by atoms with E-state index in [1.54, 1.807) is 0 Å². The SMILES string of the molecule is NC(=O)c1c(F)cccc1NCC1CCC(C(=O)O)O1. The Hall–Kier alpha value is -2.15. The first-order valence-corrected chi connectivity index (χ1v) is 6.19. The Kier molecular flexibility index (Phi) is 4.19. The molecule has 108 valence electrons. The molecule has 0 saturated carbocycles. The lowest BCUT2D eigenvalue weighted by Crippen LogP contribution is -2.25. The second-order valence-corrected chi connectivity index (χ2v) is 4.57. The van der Waals surface area contributed by atoms with Gasteiger partial charge in [0.2, 0.25) is 0 Å². The van der Waals surface area contributed by atoms with Crippen LogP contribution in [0, 0.1) is 5.82 Å². The van der Waals surface area contributed by atoms with Crippen LogP contribution in [0.15, 0.2) is 18.2 Å². The van der Waals surface area contributed by atoms with Crippen molar-refractivity contribution >= 4 is 17.6 Å². The van der Waals surface area contributed by atoms with Crippen molar-refractivity contribution < 1.29 is 23.8 Å². The largest absolute Gasteiger partial charge is 0.479 e. The Morgan fingerprint density at radius 3 is 2.80 bits per heavy atom. The molecule has 1 aliphatic rings. The summed E-state index contributed by atoms with van der Waals surface area (Å²) < 4.78 is 18.8. The molecule has 0 spiro atoms. The number of ether oxygens (including phenoxy) is 1. The van der Waals surface area contributed by atoms with Gasteiger partial charge in [0.15, 0.2) is 6.10 Å². The van der Waals surface area contributed by atoms with E-state index in [-0.39, 0.29) is 23.9 Å². The first-order valence-electron chi connectivity index (χ1n) is 6.19. The van der Waals surface area contributed by atoms with Crippen LogP contribution in [0.5, 0.6) is 0 Å². The van der Waals surface area contributed by atoms with Gasteiger partial charge in [-0.3, -0.25) is 4.79 Å². The van der Waals surface area contributed by atoms with E-state index in [9.17, 15) is 14.0 Å². The third kappa shape index (κ3) is 3.05. The monoisotopic (exact) mass is 282 g/mol. The van der Waals surface area contributed by atoms with Gasteiger partial charge in [0, 0.05) is 12.2 Å². The minimum atomic E-state index is -0.990. The van der Waals surface area contributed by atoms with Crippen molar-refractivity contribution in [2.75, 3.05) is 11.9 Å². The first-order chi connectivity index (χ1) is 9.49. The van der Waals surface area contributed by atoms with Gasteiger partial charge in [0.1, 0.15) is 5.82 Å². The standard InChI is InChI=1S/C13H15FN2O4/c14-8-2-1-3-9(11(8)12(15)17)16-6-7-4-5-10(20-7)13(18)19/h1-3,7,10,16H,4-6H2,(H2,15,17)(H,18,19). The van der Waals surface area contributed by atoms with E-state index < -0.39 is 23.8 Å². The molecule has 20 heavy (non-hydrogen) atoms. The second kappa shape index (κ2) is 5.87. The van der Waals surface area contributed by atoms with Crippen LogP contribution in [-0.2, 0) is 9.53 Å². The summed E-state index contributed by atoms with van der Waals surface area (Å²) in [6, 6.07) is 4.14. The highest BCUT2D eigenvalue weighted by molar-refractivity contribution is 5.98. The van der Waals surface area contributed by atoms with Crippen molar-refractivity contribution in [1.29, 1.82) is 0 Å². The van der Waals surface area contributed by atoms with E-state index >= 15 is 0 Å². The maximum absolute atomic E-state index is 13.5. The van der Waals surface area contributed by atoms with Crippen LogP contribution in [0.3, 0.4) is 0 Å². The Balaban J connectivity index is 2.00. The number of anilines is 1. The molecule has 2 atom stereocenters. The number of benzene rings is 1. The molecule has 1 fully saturated rings. The van der Waals surface area contributed by atoms with Crippen LogP contribution in [0.1, 0.15) is 23.2 Å². The molecule has 7 heteroatoms. The van der Waals surface area contributed by atoms with Gasteiger partial charge in [-0.15, -0.1) is 0 Å². The van der Waals surface area contributed by atoms with Crippen LogP contribution in [0.2, 0.25) is 0 Å². The molecular weight excluding hydrogens is 267 g/mol. The van der Waals surface area contributed by atoms with Gasteiger partial charge < -0.3 is 20.9 Å². The number of hydrogen-bond donors (Lipinski definition) is 3. The first kappa shape index (κ1) is 14.3. The minimum Gasteiger partial charge on any atom is -0.479 e. The third-order valence-corrected chi connectivity index (χ3v) is 3.16. The summed E-state index contributed by atoms with van der Waals surface area (Å²) in [5.41, 5.74) is 5.20. The number of primary amides is 1. The molecule has 2 unspecified atom stereocenters. The number of carboxylic acid groups (broad SMARTS) is 1. The molecule has 4 N–H and O–H groups in total. The lowest BCUT2D eigenvalue weighted by atomic mass is 10.1. The highest BCUT2D eigenvalue weighted by Crippen LogP contribution is 2.22. The number of nitrogens with two attached hydrogens (primary N) is 1. The highest BCUT2D eigenvalue weighted by atomic mass is 19.1. The fourth-order valence-electron chi connectivity index (χ4n) is 2.18. The summed E-state index contributed by atoms with van der Waals surface area (Å²) in [6.07, 6.45) is -0.0661. The number of carbonyl (C=O) groups is 2. The Labute approximate surface area is 114 Å². The van der Waals surface area contributed by atoms with Crippen LogP contribution in [0.4, 0.5) is 10.1 Å². The molecule has 0 radical (unpaired) electrons. The zero-order valence-electron chi connectivity index (χ0n) is 10.6. The third-order valence-electron chi connectivity index (χ3n) is 3.16. The summed E-state index contributed by atoms with van der Waals surface area (Å²) in [6.45, 7) is 0.285. The molecule has 1 aromatic carbocycles. The molecular formula is C13H15FN2O4. The number of nitrogens with one attached hydrogen (secondary N) is 1. The molecule has 1 saturated heterocycles. The number of halogens is 1. The number of amides is 1. The summed E-state index contributed by atoms with van der Waals surface area (Å²) in [7, 11) is 0. The van der Waals surface area contributed by atoms with Crippen LogP contribution in [0.25, 0.3) is 0 Å². The molecule has 1 heterocycles. The van der Waals surface area contributed by atoms with Crippen LogP contribution >= 0.6 is 0 Å². The van der Waals surface area contributed by atoms with Gasteiger partial charge in [0.05, 0.1) is 11.7 Å². The van der Waals surface area contributed by atoms with Crippen molar-refractivity contribution in [3.63, 3.8) is 0 Å². The van der Waals surface area contributed by atoms with Crippen LogP contribution in [-0.4, -0.2) is 35.7 Å².